The van der Waals surface area contributed by atoms with Crippen LogP contribution < -0.4 is 5.73 Å². The third-order valence-electron chi connectivity index (χ3n) is 3.17. The highest BCUT2D eigenvalue weighted by molar-refractivity contribution is 5.74. The van der Waals surface area contributed by atoms with Crippen LogP contribution in [-0.2, 0) is 0 Å². The van der Waals surface area contributed by atoms with Crippen molar-refractivity contribution in [3.05, 3.63) is 60.2 Å². The van der Waals surface area contributed by atoms with Gasteiger partial charge in [0.25, 0.3) is 0 Å². The molecule has 0 saturated heterocycles. The maximum absolute atomic E-state index is 9.35. The number of aromatic nitrogens is 2. The first kappa shape index (κ1) is 12.8. The molecule has 1 aromatic heterocycles. The lowest BCUT2D eigenvalue weighted by atomic mass is 10.1. The number of rotatable bonds is 2. The van der Waals surface area contributed by atoms with Crippen molar-refractivity contribution in [2.45, 2.75) is 0 Å². The molecule has 5 heteroatoms. The molecule has 102 valence electrons. The SMILES string of the molecule is N#Cc1c(-c2ccc(O)cc2)nn(-c2ccccc2)c1N. The fraction of sp³-hybridized carbons (Fsp3) is 0. The van der Waals surface area contributed by atoms with Crippen LogP contribution in [0.15, 0.2) is 54.6 Å². The molecule has 0 radical (unpaired) electrons. The summed E-state index contributed by atoms with van der Waals surface area (Å²) in [6.07, 6.45) is 0. The highest BCUT2D eigenvalue weighted by Crippen LogP contribution is 2.29. The molecule has 0 fully saturated rings. The van der Waals surface area contributed by atoms with Gasteiger partial charge in [-0.25, -0.2) is 4.68 Å². The highest BCUT2D eigenvalue weighted by Gasteiger charge is 2.17. The van der Waals surface area contributed by atoms with Crippen LogP contribution >= 0.6 is 0 Å². The van der Waals surface area contributed by atoms with E-state index in [2.05, 4.69) is 11.2 Å². The van der Waals surface area contributed by atoms with E-state index in [1.54, 1.807) is 28.9 Å². The van der Waals surface area contributed by atoms with Crippen molar-refractivity contribution in [2.75, 3.05) is 5.73 Å². The Kier molecular flexibility index (Phi) is 3.05. The van der Waals surface area contributed by atoms with Crippen LogP contribution in [0.5, 0.6) is 5.75 Å². The van der Waals surface area contributed by atoms with Gasteiger partial charge < -0.3 is 10.8 Å². The van der Waals surface area contributed by atoms with Crippen molar-refractivity contribution in [3.8, 4) is 28.8 Å². The molecule has 21 heavy (non-hydrogen) atoms. The van der Waals surface area contributed by atoms with Gasteiger partial charge in [-0.1, -0.05) is 18.2 Å². The summed E-state index contributed by atoms with van der Waals surface area (Å²) >= 11 is 0. The molecule has 0 saturated carbocycles. The predicted molar refractivity (Wildman–Crippen MR) is 79.8 cm³/mol. The normalized spacial score (nSPS) is 10.2. The van der Waals surface area contributed by atoms with Gasteiger partial charge in [0.1, 0.15) is 28.9 Å². The minimum absolute atomic E-state index is 0.160. The van der Waals surface area contributed by atoms with Gasteiger partial charge in [0.05, 0.1) is 5.69 Å². The molecule has 0 aliphatic heterocycles. The maximum atomic E-state index is 9.35. The molecular formula is C16H12N4O. The van der Waals surface area contributed by atoms with Crippen LogP contribution in [0.3, 0.4) is 0 Å². The molecule has 5 nitrogen and oxygen atoms in total. The van der Waals surface area contributed by atoms with E-state index < -0.39 is 0 Å². The van der Waals surface area contributed by atoms with E-state index in [4.69, 9.17) is 5.73 Å². The number of nitriles is 1. The first-order valence-corrected chi connectivity index (χ1v) is 6.34. The molecule has 0 unspecified atom stereocenters. The Labute approximate surface area is 121 Å². The molecule has 0 amide bonds. The Morgan fingerprint density at radius 1 is 1.05 bits per heavy atom. The number of nitrogens with two attached hydrogens (primary N) is 1. The second-order valence-corrected chi connectivity index (χ2v) is 4.51. The second kappa shape index (κ2) is 5.02. The van der Waals surface area contributed by atoms with Crippen molar-refractivity contribution >= 4 is 5.82 Å². The van der Waals surface area contributed by atoms with Gasteiger partial charge in [-0.3, -0.25) is 0 Å². The van der Waals surface area contributed by atoms with Crippen molar-refractivity contribution in [1.29, 1.82) is 5.26 Å². The summed E-state index contributed by atoms with van der Waals surface area (Å²) in [7, 11) is 0. The number of hydrogen-bond donors (Lipinski definition) is 2. The molecular weight excluding hydrogens is 264 g/mol. The first-order valence-electron chi connectivity index (χ1n) is 6.34. The monoisotopic (exact) mass is 276 g/mol. The van der Waals surface area contributed by atoms with Crippen molar-refractivity contribution in [3.63, 3.8) is 0 Å². The Balaban J connectivity index is 2.19. The van der Waals surface area contributed by atoms with Gasteiger partial charge in [-0.2, -0.15) is 10.4 Å². The topological polar surface area (TPSA) is 87.9 Å². The molecule has 3 aromatic rings. The molecule has 0 aliphatic carbocycles. The van der Waals surface area contributed by atoms with E-state index in [1.165, 1.54) is 0 Å². The largest absolute Gasteiger partial charge is 0.508 e. The minimum Gasteiger partial charge on any atom is -0.508 e. The Morgan fingerprint density at radius 3 is 2.33 bits per heavy atom. The Hall–Kier alpha value is -3.26. The molecule has 2 aromatic carbocycles. The summed E-state index contributed by atoms with van der Waals surface area (Å²) in [4.78, 5) is 0. The summed E-state index contributed by atoms with van der Waals surface area (Å²) in [6.45, 7) is 0. The van der Waals surface area contributed by atoms with Gasteiger partial charge in [-0.15, -0.1) is 0 Å². The Bertz CT molecular complexity index is 814. The van der Waals surface area contributed by atoms with Gasteiger partial charge in [0, 0.05) is 5.56 Å². The number of nitrogens with zero attached hydrogens (tertiary/aromatic N) is 3. The number of phenolic OH excluding ortho intramolecular Hbond substituents is 1. The van der Waals surface area contributed by atoms with E-state index in [0.29, 0.717) is 17.1 Å². The summed E-state index contributed by atoms with van der Waals surface area (Å²) in [5, 5.41) is 23.1. The standard InChI is InChI=1S/C16H12N4O/c17-10-14-15(11-6-8-13(21)9-7-11)19-20(16(14)18)12-4-2-1-3-5-12/h1-9,21H,18H2. The van der Waals surface area contributed by atoms with E-state index in [9.17, 15) is 10.4 Å². The number of para-hydroxylation sites is 1. The van der Waals surface area contributed by atoms with Crippen LogP contribution in [0.25, 0.3) is 16.9 Å². The third kappa shape index (κ3) is 2.19. The number of phenols is 1. The zero-order chi connectivity index (χ0) is 14.8. The number of nitrogen functional groups attached to an aromatic ring is 1. The average molecular weight is 276 g/mol. The second-order valence-electron chi connectivity index (χ2n) is 4.51. The van der Waals surface area contributed by atoms with Crippen LogP contribution in [0.4, 0.5) is 5.82 Å². The van der Waals surface area contributed by atoms with E-state index in [-0.39, 0.29) is 5.75 Å². The molecule has 0 bridgehead atoms. The average Bonchev–Trinajstić information content (AvgIpc) is 2.85. The molecule has 0 spiro atoms. The smallest absolute Gasteiger partial charge is 0.145 e. The maximum Gasteiger partial charge on any atom is 0.145 e. The lowest BCUT2D eigenvalue weighted by molar-refractivity contribution is 0.475. The minimum atomic E-state index is 0.160. The van der Waals surface area contributed by atoms with Gasteiger partial charge in [0.2, 0.25) is 0 Å². The van der Waals surface area contributed by atoms with Crippen LogP contribution in [-0.4, -0.2) is 14.9 Å². The number of anilines is 1. The Morgan fingerprint density at radius 2 is 1.71 bits per heavy atom. The van der Waals surface area contributed by atoms with E-state index in [0.717, 1.165) is 11.3 Å². The zero-order valence-electron chi connectivity index (χ0n) is 11.1. The predicted octanol–water partition coefficient (Wildman–Crippen LogP) is 2.70. The van der Waals surface area contributed by atoms with Crippen molar-refractivity contribution < 1.29 is 5.11 Å². The zero-order valence-corrected chi connectivity index (χ0v) is 11.1. The number of hydrogen-bond acceptors (Lipinski definition) is 4. The first-order chi connectivity index (χ1) is 10.2. The van der Waals surface area contributed by atoms with E-state index >= 15 is 0 Å². The summed E-state index contributed by atoms with van der Waals surface area (Å²) in [5.74, 6) is 0.458. The van der Waals surface area contributed by atoms with Gasteiger partial charge in [0.15, 0.2) is 0 Å². The van der Waals surface area contributed by atoms with Crippen molar-refractivity contribution in [1.82, 2.24) is 9.78 Å². The summed E-state index contributed by atoms with van der Waals surface area (Å²) < 4.78 is 1.54. The molecule has 0 aliphatic rings. The number of aromatic hydroxyl groups is 1. The summed E-state index contributed by atoms with van der Waals surface area (Å²) in [6, 6.07) is 18.0. The molecule has 3 N–H and O–H groups in total. The quantitative estimate of drug-likeness (QED) is 0.753. The fourth-order valence-corrected chi connectivity index (χ4v) is 2.13. The van der Waals surface area contributed by atoms with E-state index in [1.807, 2.05) is 30.3 Å². The van der Waals surface area contributed by atoms with Gasteiger partial charge >= 0.3 is 0 Å². The van der Waals surface area contributed by atoms with Crippen LogP contribution in [0.2, 0.25) is 0 Å². The van der Waals surface area contributed by atoms with Crippen LogP contribution in [0.1, 0.15) is 5.56 Å². The van der Waals surface area contributed by atoms with Crippen LogP contribution in [0, 0.1) is 11.3 Å². The van der Waals surface area contributed by atoms with Gasteiger partial charge in [-0.05, 0) is 36.4 Å². The lowest BCUT2D eigenvalue weighted by Crippen LogP contribution is -2.01. The fourth-order valence-electron chi connectivity index (χ4n) is 2.13. The summed E-state index contributed by atoms with van der Waals surface area (Å²) in [5.41, 5.74) is 8.38. The molecule has 3 rings (SSSR count). The van der Waals surface area contributed by atoms with Crippen molar-refractivity contribution in [2.24, 2.45) is 0 Å². The lowest BCUT2D eigenvalue weighted by Gasteiger charge is -2.02. The number of benzene rings is 2. The highest BCUT2D eigenvalue weighted by atomic mass is 16.3. The molecule has 1 heterocycles. The molecule has 0 atom stereocenters. The third-order valence-corrected chi connectivity index (χ3v) is 3.17.